The highest BCUT2D eigenvalue weighted by Crippen LogP contribution is 2.42. The lowest BCUT2D eigenvalue weighted by molar-refractivity contribution is -0.156. The average Bonchev–Trinajstić information content (AvgIpc) is 2.30. The van der Waals surface area contributed by atoms with Gasteiger partial charge in [-0.3, -0.25) is 4.79 Å². The fourth-order valence-electron chi connectivity index (χ4n) is 2.41. The van der Waals surface area contributed by atoms with Gasteiger partial charge in [-0.1, -0.05) is 19.0 Å². The summed E-state index contributed by atoms with van der Waals surface area (Å²) < 4.78 is 4.88. The van der Waals surface area contributed by atoms with Crippen molar-refractivity contribution >= 4 is 5.97 Å². The first kappa shape index (κ1) is 14.8. The molecule has 0 bridgehead atoms. The molecule has 1 N–H and O–H groups in total. The van der Waals surface area contributed by atoms with Crippen LogP contribution in [0.25, 0.3) is 10.4 Å². The molecule has 0 spiro atoms. The van der Waals surface area contributed by atoms with Crippen molar-refractivity contribution < 1.29 is 9.53 Å². The van der Waals surface area contributed by atoms with Crippen molar-refractivity contribution in [3.05, 3.63) is 10.4 Å². The van der Waals surface area contributed by atoms with Gasteiger partial charge in [0.25, 0.3) is 0 Å². The number of hydrogen-bond acceptors (Lipinski definition) is 4. The molecule has 0 aromatic heterocycles. The van der Waals surface area contributed by atoms with Gasteiger partial charge in [0.1, 0.15) is 5.54 Å². The maximum Gasteiger partial charge on any atom is 0.326 e. The lowest BCUT2D eigenvalue weighted by Crippen LogP contribution is -2.62. The molecule has 1 fully saturated rings. The van der Waals surface area contributed by atoms with E-state index in [2.05, 4.69) is 29.2 Å². The molecule has 0 unspecified atom stereocenters. The first-order valence-electron chi connectivity index (χ1n) is 6.40. The Hall–Kier alpha value is -1.26. The van der Waals surface area contributed by atoms with Crippen LogP contribution in [0.15, 0.2) is 5.11 Å². The highest BCUT2D eigenvalue weighted by molar-refractivity contribution is 5.82. The van der Waals surface area contributed by atoms with E-state index in [0.29, 0.717) is 24.9 Å². The molecule has 0 aliphatic heterocycles. The molecule has 6 nitrogen and oxygen atoms in total. The number of methoxy groups -OCH3 is 1. The zero-order chi connectivity index (χ0) is 13.6. The van der Waals surface area contributed by atoms with Gasteiger partial charge in [-0.25, -0.2) is 0 Å². The zero-order valence-electron chi connectivity index (χ0n) is 11.3. The predicted octanol–water partition coefficient (Wildman–Crippen LogP) is 2.25. The topological polar surface area (TPSA) is 87.1 Å². The third kappa shape index (κ3) is 3.37. The van der Waals surface area contributed by atoms with E-state index in [9.17, 15) is 4.79 Å². The van der Waals surface area contributed by atoms with Gasteiger partial charge in [-0.05, 0) is 43.2 Å². The Labute approximate surface area is 108 Å². The third-order valence-corrected chi connectivity index (χ3v) is 3.70. The number of rotatable bonds is 7. The lowest BCUT2D eigenvalue weighted by Gasteiger charge is -2.47. The van der Waals surface area contributed by atoms with Crippen LogP contribution in [0.3, 0.4) is 0 Å². The normalized spacial score (nSPS) is 26.3. The standard InChI is InChI=1S/C12H22N4O2/c1-9(2)10-7-12(8-10,11(17)18-3)14-5-4-6-15-16-13/h9-10,14H,4-8H2,1-3H3. The molecule has 0 heterocycles. The van der Waals surface area contributed by atoms with Crippen molar-refractivity contribution in [1.29, 1.82) is 0 Å². The number of esters is 1. The minimum absolute atomic E-state index is 0.178. The molecule has 0 amide bonds. The van der Waals surface area contributed by atoms with Gasteiger partial charge < -0.3 is 10.1 Å². The Morgan fingerprint density at radius 2 is 2.28 bits per heavy atom. The molecular formula is C12H22N4O2. The Kier molecular flexibility index (Phi) is 5.44. The van der Waals surface area contributed by atoms with Crippen molar-refractivity contribution in [3.8, 4) is 0 Å². The Bertz CT molecular complexity index is 331. The van der Waals surface area contributed by atoms with Gasteiger partial charge >= 0.3 is 5.97 Å². The highest BCUT2D eigenvalue weighted by atomic mass is 16.5. The fourth-order valence-corrected chi connectivity index (χ4v) is 2.41. The summed E-state index contributed by atoms with van der Waals surface area (Å²) in [5, 5.41) is 6.74. The van der Waals surface area contributed by atoms with Gasteiger partial charge in [0.15, 0.2) is 0 Å². The van der Waals surface area contributed by atoms with E-state index in [-0.39, 0.29) is 5.97 Å². The second kappa shape index (κ2) is 6.61. The molecule has 6 heteroatoms. The average molecular weight is 254 g/mol. The van der Waals surface area contributed by atoms with E-state index in [1.165, 1.54) is 7.11 Å². The highest BCUT2D eigenvalue weighted by Gasteiger charge is 2.51. The van der Waals surface area contributed by atoms with E-state index < -0.39 is 5.54 Å². The number of ether oxygens (including phenoxy) is 1. The van der Waals surface area contributed by atoms with Gasteiger partial charge in [0, 0.05) is 11.5 Å². The van der Waals surface area contributed by atoms with Crippen LogP contribution >= 0.6 is 0 Å². The van der Waals surface area contributed by atoms with Gasteiger partial charge in [-0.15, -0.1) is 0 Å². The first-order valence-corrected chi connectivity index (χ1v) is 6.40. The van der Waals surface area contributed by atoms with Crippen LogP contribution in [0.4, 0.5) is 0 Å². The van der Waals surface area contributed by atoms with E-state index in [0.717, 1.165) is 19.3 Å². The number of hydrogen-bond donors (Lipinski definition) is 1. The minimum atomic E-state index is -0.514. The lowest BCUT2D eigenvalue weighted by atomic mass is 9.64. The molecular weight excluding hydrogens is 232 g/mol. The second-order valence-electron chi connectivity index (χ2n) is 5.22. The predicted molar refractivity (Wildman–Crippen MR) is 68.9 cm³/mol. The molecule has 1 saturated carbocycles. The molecule has 1 rings (SSSR count). The van der Waals surface area contributed by atoms with E-state index in [1.54, 1.807) is 0 Å². The number of carbonyl (C=O) groups excluding carboxylic acids is 1. The van der Waals surface area contributed by atoms with Crippen LogP contribution in [-0.4, -0.2) is 31.7 Å². The molecule has 0 radical (unpaired) electrons. The van der Waals surface area contributed by atoms with Crippen molar-refractivity contribution in [1.82, 2.24) is 5.32 Å². The van der Waals surface area contributed by atoms with Gasteiger partial charge in [0.2, 0.25) is 0 Å². The van der Waals surface area contributed by atoms with Gasteiger partial charge in [0.05, 0.1) is 7.11 Å². The number of azide groups is 1. The van der Waals surface area contributed by atoms with Crippen LogP contribution in [0.5, 0.6) is 0 Å². The summed E-state index contributed by atoms with van der Waals surface area (Å²) in [6.45, 7) is 5.47. The summed E-state index contributed by atoms with van der Waals surface area (Å²) in [4.78, 5) is 14.5. The van der Waals surface area contributed by atoms with Crippen LogP contribution in [-0.2, 0) is 9.53 Å². The van der Waals surface area contributed by atoms with Crippen LogP contribution in [0.2, 0.25) is 0 Å². The number of nitrogens with one attached hydrogen (secondary N) is 1. The molecule has 0 aromatic carbocycles. The number of carbonyl (C=O) groups is 1. The van der Waals surface area contributed by atoms with Crippen molar-refractivity contribution in [2.75, 3.05) is 20.2 Å². The fraction of sp³-hybridized carbons (Fsp3) is 0.917. The maximum atomic E-state index is 11.8. The summed E-state index contributed by atoms with van der Waals surface area (Å²) in [6.07, 6.45) is 2.40. The Balaban J connectivity index is 2.44. The molecule has 0 atom stereocenters. The molecule has 1 aliphatic rings. The maximum absolute atomic E-state index is 11.8. The molecule has 18 heavy (non-hydrogen) atoms. The van der Waals surface area contributed by atoms with E-state index in [1.807, 2.05) is 0 Å². The van der Waals surface area contributed by atoms with Crippen LogP contribution in [0.1, 0.15) is 33.1 Å². The molecule has 0 saturated heterocycles. The monoisotopic (exact) mass is 254 g/mol. The van der Waals surface area contributed by atoms with Crippen LogP contribution in [0, 0.1) is 11.8 Å². The zero-order valence-corrected chi connectivity index (χ0v) is 11.3. The Morgan fingerprint density at radius 1 is 1.61 bits per heavy atom. The van der Waals surface area contributed by atoms with Gasteiger partial charge in [-0.2, -0.15) is 0 Å². The summed E-state index contributed by atoms with van der Waals surface area (Å²) in [6, 6.07) is 0. The van der Waals surface area contributed by atoms with E-state index in [4.69, 9.17) is 10.3 Å². The van der Waals surface area contributed by atoms with Crippen LogP contribution < -0.4 is 5.32 Å². The molecule has 0 aromatic rings. The smallest absolute Gasteiger partial charge is 0.326 e. The van der Waals surface area contributed by atoms with Crippen molar-refractivity contribution in [2.24, 2.45) is 17.0 Å². The Morgan fingerprint density at radius 3 is 2.78 bits per heavy atom. The van der Waals surface area contributed by atoms with Crippen molar-refractivity contribution in [2.45, 2.75) is 38.6 Å². The summed E-state index contributed by atoms with van der Waals surface area (Å²) in [5.74, 6) is 0.990. The number of nitrogens with zero attached hydrogens (tertiary/aromatic N) is 3. The minimum Gasteiger partial charge on any atom is -0.468 e. The largest absolute Gasteiger partial charge is 0.468 e. The van der Waals surface area contributed by atoms with E-state index >= 15 is 0 Å². The quantitative estimate of drug-likeness (QED) is 0.248. The molecule has 102 valence electrons. The summed E-state index contributed by atoms with van der Waals surface area (Å²) >= 11 is 0. The third-order valence-electron chi connectivity index (χ3n) is 3.70. The summed E-state index contributed by atoms with van der Waals surface area (Å²) in [5.41, 5.74) is 7.65. The second-order valence-corrected chi connectivity index (χ2v) is 5.22. The first-order chi connectivity index (χ1) is 8.55. The summed E-state index contributed by atoms with van der Waals surface area (Å²) in [7, 11) is 1.43. The van der Waals surface area contributed by atoms with Crippen molar-refractivity contribution in [3.63, 3.8) is 0 Å². The SMILES string of the molecule is COC(=O)C1(NCCCN=[N+]=[N-])CC(C(C)C)C1. The molecule has 1 aliphatic carbocycles.